The van der Waals surface area contributed by atoms with Gasteiger partial charge in [0.2, 0.25) is 0 Å². The van der Waals surface area contributed by atoms with Gasteiger partial charge in [-0.25, -0.2) is 4.79 Å². The third kappa shape index (κ3) is 2.40. The molecule has 0 atom stereocenters. The van der Waals surface area contributed by atoms with E-state index >= 15 is 0 Å². The molecule has 2 N–H and O–H groups in total. The van der Waals surface area contributed by atoms with Crippen LogP contribution in [-0.2, 0) is 4.79 Å². The summed E-state index contributed by atoms with van der Waals surface area (Å²) >= 11 is 0. The third-order valence-electron chi connectivity index (χ3n) is 2.97. The number of benzene rings is 1. The lowest BCUT2D eigenvalue weighted by atomic mass is 10.1. The van der Waals surface area contributed by atoms with Crippen molar-refractivity contribution in [2.24, 2.45) is 0 Å². The van der Waals surface area contributed by atoms with Crippen LogP contribution in [0.5, 0.6) is 11.5 Å². The van der Waals surface area contributed by atoms with Gasteiger partial charge in [0.05, 0.1) is 19.7 Å². The van der Waals surface area contributed by atoms with Gasteiger partial charge in [-0.05, 0) is 18.6 Å². The lowest BCUT2D eigenvalue weighted by molar-refractivity contribution is -0.131. The summed E-state index contributed by atoms with van der Waals surface area (Å²) in [5.41, 5.74) is 2.52. The molecule has 2 aromatic rings. The molecule has 0 aliphatic carbocycles. The van der Waals surface area contributed by atoms with Gasteiger partial charge in [0, 0.05) is 29.3 Å². The van der Waals surface area contributed by atoms with Crippen LogP contribution in [0.25, 0.3) is 17.0 Å². The number of carboxylic acid groups (broad SMARTS) is 1. The van der Waals surface area contributed by atoms with E-state index in [1.54, 1.807) is 20.3 Å². The molecule has 100 valence electrons. The van der Waals surface area contributed by atoms with Crippen LogP contribution >= 0.6 is 0 Å². The van der Waals surface area contributed by atoms with Crippen LogP contribution in [0, 0.1) is 6.92 Å². The van der Waals surface area contributed by atoms with Gasteiger partial charge in [-0.2, -0.15) is 0 Å². The van der Waals surface area contributed by atoms with Crippen LogP contribution in [0.15, 0.2) is 18.2 Å². The fourth-order valence-electron chi connectivity index (χ4n) is 2.05. The van der Waals surface area contributed by atoms with Crippen molar-refractivity contribution in [2.75, 3.05) is 14.2 Å². The number of carboxylic acids is 1. The summed E-state index contributed by atoms with van der Waals surface area (Å²) in [6.07, 6.45) is 2.63. The standard InChI is InChI=1S/C14H15NO4/c1-8-10(4-5-13(16)17)15-11-6-9(18-2)7-12(19-3)14(8)11/h4-7,15H,1-3H3,(H,16,17)/b5-4+. The number of hydrogen-bond donors (Lipinski definition) is 2. The maximum absolute atomic E-state index is 10.6. The van der Waals surface area contributed by atoms with E-state index in [1.807, 2.05) is 13.0 Å². The first kappa shape index (κ1) is 13.0. The van der Waals surface area contributed by atoms with Crippen molar-refractivity contribution in [3.05, 3.63) is 29.5 Å². The molecule has 0 saturated heterocycles. The minimum absolute atomic E-state index is 0.680. The monoisotopic (exact) mass is 261 g/mol. The summed E-state index contributed by atoms with van der Waals surface area (Å²) in [7, 11) is 3.18. The number of aromatic amines is 1. The zero-order valence-electron chi connectivity index (χ0n) is 11.0. The molecule has 0 unspecified atom stereocenters. The highest BCUT2D eigenvalue weighted by Crippen LogP contribution is 2.35. The summed E-state index contributed by atoms with van der Waals surface area (Å²) in [5, 5.41) is 9.60. The highest BCUT2D eigenvalue weighted by molar-refractivity contribution is 5.95. The van der Waals surface area contributed by atoms with Crippen LogP contribution in [0.4, 0.5) is 0 Å². The number of aliphatic carboxylic acids is 1. The Balaban J connectivity index is 2.65. The average Bonchev–Trinajstić information content (AvgIpc) is 2.72. The van der Waals surface area contributed by atoms with E-state index < -0.39 is 5.97 Å². The van der Waals surface area contributed by atoms with Gasteiger partial charge in [0.1, 0.15) is 11.5 Å². The Morgan fingerprint density at radius 2 is 2.05 bits per heavy atom. The zero-order valence-corrected chi connectivity index (χ0v) is 11.0. The van der Waals surface area contributed by atoms with Crippen LogP contribution in [-0.4, -0.2) is 30.3 Å². The number of hydrogen-bond acceptors (Lipinski definition) is 3. The number of fused-ring (bicyclic) bond motifs is 1. The van der Waals surface area contributed by atoms with Crippen LogP contribution in [0.3, 0.4) is 0 Å². The molecule has 0 spiro atoms. The number of aromatic nitrogens is 1. The number of methoxy groups -OCH3 is 2. The molecule has 19 heavy (non-hydrogen) atoms. The van der Waals surface area contributed by atoms with Crippen LogP contribution in [0.1, 0.15) is 11.3 Å². The van der Waals surface area contributed by atoms with Gasteiger partial charge in [-0.15, -0.1) is 0 Å². The van der Waals surface area contributed by atoms with Crippen molar-refractivity contribution in [3.8, 4) is 11.5 Å². The minimum atomic E-state index is -0.984. The lowest BCUT2D eigenvalue weighted by Gasteiger charge is -2.06. The van der Waals surface area contributed by atoms with Gasteiger partial charge >= 0.3 is 5.97 Å². The molecule has 2 rings (SSSR count). The van der Waals surface area contributed by atoms with Crippen LogP contribution in [0.2, 0.25) is 0 Å². The number of ether oxygens (including phenoxy) is 2. The first-order valence-electron chi connectivity index (χ1n) is 5.72. The quantitative estimate of drug-likeness (QED) is 0.830. The van der Waals surface area contributed by atoms with Crippen molar-refractivity contribution < 1.29 is 19.4 Å². The van der Waals surface area contributed by atoms with Crippen molar-refractivity contribution in [3.63, 3.8) is 0 Å². The molecule has 5 heteroatoms. The lowest BCUT2D eigenvalue weighted by Crippen LogP contribution is -1.88. The zero-order chi connectivity index (χ0) is 14.0. The molecule has 0 bridgehead atoms. The van der Waals surface area contributed by atoms with Gasteiger partial charge in [-0.1, -0.05) is 0 Å². The molecular weight excluding hydrogens is 246 g/mol. The molecule has 0 saturated carbocycles. The van der Waals surface area contributed by atoms with E-state index in [4.69, 9.17) is 14.6 Å². The summed E-state index contributed by atoms with van der Waals surface area (Å²) < 4.78 is 10.5. The fourth-order valence-corrected chi connectivity index (χ4v) is 2.05. The van der Waals surface area contributed by atoms with Crippen molar-refractivity contribution in [1.29, 1.82) is 0 Å². The Kier molecular flexibility index (Phi) is 3.46. The second-order valence-corrected chi connectivity index (χ2v) is 4.09. The Morgan fingerprint density at radius 3 is 2.63 bits per heavy atom. The van der Waals surface area contributed by atoms with E-state index in [-0.39, 0.29) is 0 Å². The average molecular weight is 261 g/mol. The van der Waals surface area contributed by atoms with Gasteiger partial charge in [-0.3, -0.25) is 0 Å². The Bertz CT molecular complexity index is 655. The van der Waals surface area contributed by atoms with Crippen LogP contribution < -0.4 is 9.47 Å². The van der Waals surface area contributed by atoms with Gasteiger partial charge in [0.25, 0.3) is 0 Å². The summed E-state index contributed by atoms with van der Waals surface area (Å²) in [4.78, 5) is 13.7. The Morgan fingerprint density at radius 1 is 1.32 bits per heavy atom. The smallest absolute Gasteiger partial charge is 0.328 e. The fraction of sp³-hybridized carbons (Fsp3) is 0.214. The molecule has 0 aliphatic rings. The number of rotatable bonds is 4. The maximum Gasteiger partial charge on any atom is 0.328 e. The second kappa shape index (κ2) is 5.06. The second-order valence-electron chi connectivity index (χ2n) is 4.09. The normalized spacial score (nSPS) is 11.1. The first-order valence-corrected chi connectivity index (χ1v) is 5.72. The third-order valence-corrected chi connectivity index (χ3v) is 2.97. The molecule has 0 fully saturated rings. The summed E-state index contributed by atoms with van der Waals surface area (Å²) in [6.45, 7) is 1.91. The largest absolute Gasteiger partial charge is 0.497 e. The topological polar surface area (TPSA) is 71.6 Å². The molecule has 1 heterocycles. The predicted octanol–water partition coefficient (Wildman–Crippen LogP) is 2.59. The molecule has 0 amide bonds. The predicted molar refractivity (Wildman–Crippen MR) is 72.8 cm³/mol. The summed E-state index contributed by atoms with van der Waals surface area (Å²) in [6, 6.07) is 3.65. The molecule has 0 radical (unpaired) electrons. The first-order chi connectivity index (χ1) is 9.06. The number of nitrogens with one attached hydrogen (secondary N) is 1. The number of H-pyrrole nitrogens is 1. The minimum Gasteiger partial charge on any atom is -0.497 e. The van der Waals surface area contributed by atoms with E-state index in [9.17, 15) is 4.79 Å². The highest BCUT2D eigenvalue weighted by atomic mass is 16.5. The molecule has 5 nitrogen and oxygen atoms in total. The molecular formula is C14H15NO4. The van der Waals surface area contributed by atoms with E-state index in [1.165, 1.54) is 6.08 Å². The highest BCUT2D eigenvalue weighted by Gasteiger charge is 2.12. The van der Waals surface area contributed by atoms with E-state index in [0.29, 0.717) is 11.5 Å². The van der Waals surface area contributed by atoms with Crippen molar-refractivity contribution >= 4 is 22.9 Å². The van der Waals surface area contributed by atoms with Crippen molar-refractivity contribution in [2.45, 2.75) is 6.92 Å². The Labute approximate surface area is 110 Å². The van der Waals surface area contributed by atoms with E-state index in [2.05, 4.69) is 4.98 Å². The maximum atomic E-state index is 10.6. The SMILES string of the molecule is COc1cc(OC)c2c(C)c(/C=C/C(=O)O)[nH]c2c1. The van der Waals surface area contributed by atoms with Gasteiger partial charge in [0.15, 0.2) is 0 Å². The molecule has 1 aromatic carbocycles. The summed E-state index contributed by atoms with van der Waals surface area (Å²) in [5.74, 6) is 0.389. The van der Waals surface area contributed by atoms with Crippen molar-refractivity contribution in [1.82, 2.24) is 4.98 Å². The number of aryl methyl sites for hydroxylation is 1. The number of carbonyl (C=O) groups is 1. The van der Waals surface area contributed by atoms with E-state index in [0.717, 1.165) is 28.2 Å². The Hall–Kier alpha value is -2.43. The molecule has 0 aliphatic heterocycles. The molecule has 1 aromatic heterocycles. The van der Waals surface area contributed by atoms with Gasteiger partial charge < -0.3 is 19.6 Å².